The predicted molar refractivity (Wildman–Crippen MR) is 58.3 cm³/mol. The molecule has 1 amide bonds. The molecule has 2 unspecified atom stereocenters. The van der Waals surface area contributed by atoms with E-state index in [-0.39, 0.29) is 12.5 Å². The SMILES string of the molecule is CC(C(=O)N1CCC(CCO)C1)C1CC1. The second-order valence-corrected chi connectivity index (χ2v) is 5.08. The largest absolute Gasteiger partial charge is 0.396 e. The summed E-state index contributed by atoms with van der Waals surface area (Å²) in [5.41, 5.74) is 0. The minimum atomic E-state index is 0.234. The van der Waals surface area contributed by atoms with E-state index < -0.39 is 0 Å². The summed E-state index contributed by atoms with van der Waals surface area (Å²) in [5, 5.41) is 8.86. The highest BCUT2D eigenvalue weighted by atomic mass is 16.3. The number of aliphatic hydroxyl groups is 1. The molecule has 0 bridgehead atoms. The summed E-state index contributed by atoms with van der Waals surface area (Å²) in [6, 6.07) is 0. The summed E-state index contributed by atoms with van der Waals surface area (Å²) in [6.07, 6.45) is 4.40. The van der Waals surface area contributed by atoms with Crippen molar-refractivity contribution in [3.8, 4) is 0 Å². The van der Waals surface area contributed by atoms with E-state index in [0.29, 0.717) is 17.7 Å². The van der Waals surface area contributed by atoms with Crippen molar-refractivity contribution in [1.29, 1.82) is 0 Å². The van der Waals surface area contributed by atoms with Gasteiger partial charge >= 0.3 is 0 Å². The van der Waals surface area contributed by atoms with Crippen LogP contribution in [0.15, 0.2) is 0 Å². The first-order valence-electron chi connectivity index (χ1n) is 6.12. The highest BCUT2D eigenvalue weighted by molar-refractivity contribution is 5.79. The number of amides is 1. The van der Waals surface area contributed by atoms with E-state index in [2.05, 4.69) is 6.92 Å². The van der Waals surface area contributed by atoms with Gasteiger partial charge in [0, 0.05) is 25.6 Å². The highest BCUT2D eigenvalue weighted by Crippen LogP contribution is 2.38. The molecule has 1 heterocycles. The van der Waals surface area contributed by atoms with Crippen LogP contribution in [0.1, 0.15) is 32.6 Å². The van der Waals surface area contributed by atoms with Crippen LogP contribution in [-0.2, 0) is 4.79 Å². The molecule has 1 saturated carbocycles. The van der Waals surface area contributed by atoms with Gasteiger partial charge in [-0.3, -0.25) is 4.79 Å². The molecule has 2 fully saturated rings. The molecule has 15 heavy (non-hydrogen) atoms. The molecular formula is C12H21NO2. The zero-order chi connectivity index (χ0) is 10.8. The maximum absolute atomic E-state index is 12.0. The monoisotopic (exact) mass is 211 g/mol. The summed E-state index contributed by atoms with van der Waals surface area (Å²) < 4.78 is 0. The van der Waals surface area contributed by atoms with Crippen molar-refractivity contribution in [2.24, 2.45) is 17.8 Å². The summed E-state index contributed by atoms with van der Waals surface area (Å²) in [5.74, 6) is 1.77. The van der Waals surface area contributed by atoms with E-state index in [1.807, 2.05) is 4.90 Å². The number of carbonyl (C=O) groups excluding carboxylic acids is 1. The van der Waals surface area contributed by atoms with Crippen LogP contribution in [0.4, 0.5) is 0 Å². The topological polar surface area (TPSA) is 40.5 Å². The van der Waals surface area contributed by atoms with Crippen LogP contribution in [0, 0.1) is 17.8 Å². The van der Waals surface area contributed by atoms with Crippen LogP contribution >= 0.6 is 0 Å². The Labute approximate surface area is 91.5 Å². The maximum atomic E-state index is 12.0. The van der Waals surface area contributed by atoms with Crippen LogP contribution in [-0.4, -0.2) is 35.6 Å². The van der Waals surface area contributed by atoms with E-state index in [1.54, 1.807) is 0 Å². The Kier molecular flexibility index (Phi) is 3.29. The number of rotatable bonds is 4. The summed E-state index contributed by atoms with van der Waals surface area (Å²) in [4.78, 5) is 14.0. The van der Waals surface area contributed by atoms with Gasteiger partial charge in [0.15, 0.2) is 0 Å². The van der Waals surface area contributed by atoms with Crippen LogP contribution in [0.3, 0.4) is 0 Å². The van der Waals surface area contributed by atoms with Gasteiger partial charge in [-0.15, -0.1) is 0 Å². The molecule has 0 aromatic heterocycles. The molecule has 2 atom stereocenters. The first kappa shape index (κ1) is 10.9. The third kappa shape index (κ3) is 2.51. The van der Waals surface area contributed by atoms with Crippen molar-refractivity contribution in [3.63, 3.8) is 0 Å². The smallest absolute Gasteiger partial charge is 0.225 e. The van der Waals surface area contributed by atoms with Gasteiger partial charge in [0.05, 0.1) is 0 Å². The zero-order valence-corrected chi connectivity index (χ0v) is 9.48. The fourth-order valence-corrected chi connectivity index (χ4v) is 2.54. The maximum Gasteiger partial charge on any atom is 0.225 e. The van der Waals surface area contributed by atoms with Gasteiger partial charge in [0.2, 0.25) is 5.91 Å². The number of aliphatic hydroxyl groups excluding tert-OH is 1. The molecule has 2 aliphatic rings. The fourth-order valence-electron chi connectivity index (χ4n) is 2.54. The lowest BCUT2D eigenvalue weighted by Crippen LogP contribution is -2.34. The van der Waals surface area contributed by atoms with Crippen LogP contribution < -0.4 is 0 Å². The Hall–Kier alpha value is -0.570. The van der Waals surface area contributed by atoms with Gasteiger partial charge in [0.1, 0.15) is 0 Å². The Balaban J connectivity index is 1.81. The lowest BCUT2D eigenvalue weighted by Gasteiger charge is -2.20. The Morgan fingerprint density at radius 2 is 2.20 bits per heavy atom. The van der Waals surface area contributed by atoms with Gasteiger partial charge in [-0.1, -0.05) is 6.92 Å². The first-order valence-corrected chi connectivity index (χ1v) is 6.12. The van der Waals surface area contributed by atoms with Gasteiger partial charge in [-0.25, -0.2) is 0 Å². The first-order chi connectivity index (χ1) is 7.22. The highest BCUT2D eigenvalue weighted by Gasteiger charge is 2.36. The molecule has 3 heteroatoms. The number of likely N-dealkylation sites (tertiary alicyclic amines) is 1. The normalized spacial score (nSPS) is 28.1. The average molecular weight is 211 g/mol. The van der Waals surface area contributed by atoms with E-state index in [1.165, 1.54) is 12.8 Å². The summed E-state index contributed by atoms with van der Waals surface area (Å²) >= 11 is 0. The third-order valence-electron chi connectivity index (χ3n) is 3.85. The van der Waals surface area contributed by atoms with E-state index in [0.717, 1.165) is 25.9 Å². The van der Waals surface area contributed by atoms with Gasteiger partial charge < -0.3 is 10.0 Å². The minimum absolute atomic E-state index is 0.234. The van der Waals surface area contributed by atoms with Gasteiger partial charge in [0.25, 0.3) is 0 Å². The second-order valence-electron chi connectivity index (χ2n) is 5.08. The number of nitrogens with zero attached hydrogens (tertiary/aromatic N) is 1. The van der Waals surface area contributed by atoms with E-state index in [9.17, 15) is 4.79 Å². The van der Waals surface area contributed by atoms with Crippen molar-refractivity contribution in [2.45, 2.75) is 32.6 Å². The van der Waals surface area contributed by atoms with Crippen LogP contribution in [0.2, 0.25) is 0 Å². The average Bonchev–Trinajstić information content (AvgIpc) is 2.98. The van der Waals surface area contributed by atoms with Crippen molar-refractivity contribution in [2.75, 3.05) is 19.7 Å². The van der Waals surface area contributed by atoms with E-state index in [4.69, 9.17) is 5.11 Å². The molecule has 0 aromatic rings. The molecule has 1 aliphatic carbocycles. The van der Waals surface area contributed by atoms with Crippen molar-refractivity contribution in [1.82, 2.24) is 4.90 Å². The fraction of sp³-hybridized carbons (Fsp3) is 0.917. The Morgan fingerprint density at radius 3 is 2.80 bits per heavy atom. The van der Waals surface area contributed by atoms with Crippen molar-refractivity contribution in [3.05, 3.63) is 0 Å². The number of carbonyl (C=O) groups is 1. The molecule has 0 aromatic carbocycles. The molecule has 0 radical (unpaired) electrons. The third-order valence-corrected chi connectivity index (χ3v) is 3.85. The molecule has 86 valence electrons. The quantitative estimate of drug-likeness (QED) is 0.760. The predicted octanol–water partition coefficient (Wildman–Crippen LogP) is 1.26. The standard InChI is InChI=1S/C12H21NO2/c1-9(11-2-3-11)12(15)13-6-4-10(8-13)5-7-14/h9-11,14H,2-8H2,1H3. The minimum Gasteiger partial charge on any atom is -0.396 e. The molecular weight excluding hydrogens is 190 g/mol. The van der Waals surface area contributed by atoms with Crippen LogP contribution in [0.25, 0.3) is 0 Å². The lowest BCUT2D eigenvalue weighted by atomic mass is 10.0. The molecule has 0 spiro atoms. The molecule has 1 N–H and O–H groups in total. The number of hydrogen-bond donors (Lipinski definition) is 1. The zero-order valence-electron chi connectivity index (χ0n) is 9.48. The van der Waals surface area contributed by atoms with Crippen molar-refractivity contribution < 1.29 is 9.90 Å². The summed E-state index contributed by atoms with van der Waals surface area (Å²) in [6.45, 7) is 4.10. The van der Waals surface area contributed by atoms with Crippen molar-refractivity contribution >= 4 is 5.91 Å². The molecule has 3 nitrogen and oxygen atoms in total. The summed E-state index contributed by atoms with van der Waals surface area (Å²) in [7, 11) is 0. The Bertz CT molecular complexity index is 238. The Morgan fingerprint density at radius 1 is 1.47 bits per heavy atom. The molecule has 2 rings (SSSR count). The molecule has 1 aliphatic heterocycles. The molecule has 1 saturated heterocycles. The van der Waals surface area contributed by atoms with E-state index >= 15 is 0 Å². The van der Waals surface area contributed by atoms with Crippen LogP contribution in [0.5, 0.6) is 0 Å². The number of hydrogen-bond acceptors (Lipinski definition) is 2. The van der Waals surface area contributed by atoms with Gasteiger partial charge in [-0.05, 0) is 37.5 Å². The second kappa shape index (κ2) is 4.52. The van der Waals surface area contributed by atoms with Gasteiger partial charge in [-0.2, -0.15) is 0 Å². The lowest BCUT2D eigenvalue weighted by molar-refractivity contribution is -0.134.